The van der Waals surface area contributed by atoms with Crippen molar-refractivity contribution in [3.63, 3.8) is 0 Å². The van der Waals surface area contributed by atoms with E-state index in [9.17, 15) is 4.39 Å². The fourth-order valence-electron chi connectivity index (χ4n) is 1.29. The molecule has 1 aromatic rings. The van der Waals surface area contributed by atoms with Crippen molar-refractivity contribution >= 4 is 21.6 Å². The third-order valence-corrected chi connectivity index (χ3v) is 2.48. The number of anilines is 1. The van der Waals surface area contributed by atoms with E-state index in [4.69, 9.17) is 0 Å². The molecule has 0 aromatic heterocycles. The first kappa shape index (κ1) is 10.5. The Balaban J connectivity index is 2.88. The lowest BCUT2D eigenvalue weighted by molar-refractivity contribution is 0.497. The van der Waals surface area contributed by atoms with Crippen LogP contribution in [0.25, 0.3) is 0 Å². The first-order valence-corrected chi connectivity index (χ1v) is 4.97. The standard InChI is InChI=1S/C10H13BrFN/c1-8-7-9(11)3-4-10(8)13(2)6-5-12/h3-4,7H,5-6H2,1-2H3. The normalized spacial score (nSPS) is 10.2. The molecule has 0 saturated carbocycles. The Morgan fingerprint density at radius 3 is 2.69 bits per heavy atom. The van der Waals surface area contributed by atoms with Gasteiger partial charge in [-0.2, -0.15) is 0 Å². The van der Waals surface area contributed by atoms with Gasteiger partial charge in [0.1, 0.15) is 6.67 Å². The molecule has 0 saturated heterocycles. The lowest BCUT2D eigenvalue weighted by atomic mass is 10.2. The van der Waals surface area contributed by atoms with Gasteiger partial charge in [0, 0.05) is 23.8 Å². The fraction of sp³-hybridized carbons (Fsp3) is 0.400. The molecule has 0 N–H and O–H groups in total. The molecule has 0 bridgehead atoms. The van der Waals surface area contributed by atoms with Crippen LogP contribution >= 0.6 is 15.9 Å². The Morgan fingerprint density at radius 2 is 2.15 bits per heavy atom. The van der Waals surface area contributed by atoms with Crippen molar-refractivity contribution in [2.45, 2.75) is 6.92 Å². The summed E-state index contributed by atoms with van der Waals surface area (Å²) in [6.45, 7) is 2.16. The Morgan fingerprint density at radius 1 is 1.46 bits per heavy atom. The summed E-state index contributed by atoms with van der Waals surface area (Å²) in [5.41, 5.74) is 2.24. The van der Waals surface area contributed by atoms with E-state index in [-0.39, 0.29) is 6.67 Å². The van der Waals surface area contributed by atoms with Crippen LogP contribution in [0, 0.1) is 6.92 Å². The van der Waals surface area contributed by atoms with Gasteiger partial charge in [-0.25, -0.2) is 4.39 Å². The van der Waals surface area contributed by atoms with E-state index >= 15 is 0 Å². The maximum Gasteiger partial charge on any atom is 0.107 e. The molecule has 0 amide bonds. The number of rotatable bonds is 3. The smallest absolute Gasteiger partial charge is 0.107 e. The van der Waals surface area contributed by atoms with Crippen molar-refractivity contribution in [2.75, 3.05) is 25.2 Å². The molecular formula is C10H13BrFN. The monoisotopic (exact) mass is 245 g/mol. The molecule has 0 heterocycles. The van der Waals surface area contributed by atoms with Crippen molar-refractivity contribution in [3.05, 3.63) is 28.2 Å². The molecule has 0 atom stereocenters. The third kappa shape index (κ3) is 2.69. The summed E-state index contributed by atoms with van der Waals surface area (Å²) in [7, 11) is 1.90. The summed E-state index contributed by atoms with van der Waals surface area (Å²) < 4.78 is 13.1. The highest BCUT2D eigenvalue weighted by molar-refractivity contribution is 9.10. The van der Waals surface area contributed by atoms with Gasteiger partial charge in [-0.15, -0.1) is 0 Å². The van der Waals surface area contributed by atoms with E-state index in [1.165, 1.54) is 0 Å². The van der Waals surface area contributed by atoms with Crippen molar-refractivity contribution in [2.24, 2.45) is 0 Å². The van der Waals surface area contributed by atoms with Gasteiger partial charge in [0.15, 0.2) is 0 Å². The molecule has 1 rings (SSSR count). The summed E-state index contributed by atoms with van der Waals surface area (Å²) >= 11 is 3.39. The molecule has 0 unspecified atom stereocenters. The average Bonchev–Trinajstić information content (AvgIpc) is 2.04. The first-order valence-electron chi connectivity index (χ1n) is 4.18. The molecule has 3 heteroatoms. The van der Waals surface area contributed by atoms with Gasteiger partial charge in [0.05, 0.1) is 0 Å². The van der Waals surface area contributed by atoms with Crippen LogP contribution in [0.1, 0.15) is 5.56 Å². The van der Waals surface area contributed by atoms with E-state index in [0.717, 1.165) is 15.7 Å². The largest absolute Gasteiger partial charge is 0.372 e. The minimum Gasteiger partial charge on any atom is -0.372 e. The number of benzene rings is 1. The van der Waals surface area contributed by atoms with Crippen LogP contribution in [-0.4, -0.2) is 20.3 Å². The summed E-state index contributed by atoms with van der Waals surface area (Å²) in [6, 6.07) is 6.00. The number of hydrogen-bond acceptors (Lipinski definition) is 1. The van der Waals surface area contributed by atoms with Gasteiger partial charge in [0.25, 0.3) is 0 Å². The van der Waals surface area contributed by atoms with Gasteiger partial charge in [-0.3, -0.25) is 0 Å². The van der Waals surface area contributed by atoms with Crippen molar-refractivity contribution in [1.29, 1.82) is 0 Å². The average molecular weight is 246 g/mol. The highest BCUT2D eigenvalue weighted by Crippen LogP contribution is 2.22. The van der Waals surface area contributed by atoms with Gasteiger partial charge < -0.3 is 4.90 Å². The topological polar surface area (TPSA) is 3.24 Å². The molecule has 0 aliphatic carbocycles. The maximum absolute atomic E-state index is 12.1. The second kappa shape index (κ2) is 4.61. The zero-order valence-corrected chi connectivity index (χ0v) is 9.44. The molecule has 0 spiro atoms. The summed E-state index contributed by atoms with van der Waals surface area (Å²) in [5, 5.41) is 0. The minimum atomic E-state index is -0.313. The molecule has 1 aromatic carbocycles. The summed E-state index contributed by atoms with van der Waals surface area (Å²) in [6.07, 6.45) is 0. The molecule has 0 fully saturated rings. The quantitative estimate of drug-likeness (QED) is 0.791. The lowest BCUT2D eigenvalue weighted by Crippen LogP contribution is -2.20. The second-order valence-electron chi connectivity index (χ2n) is 3.04. The minimum absolute atomic E-state index is 0.313. The Labute approximate surface area is 86.7 Å². The van der Waals surface area contributed by atoms with Crippen LogP contribution in [0.5, 0.6) is 0 Å². The van der Waals surface area contributed by atoms with E-state index < -0.39 is 0 Å². The molecular weight excluding hydrogens is 233 g/mol. The van der Waals surface area contributed by atoms with Crippen molar-refractivity contribution in [1.82, 2.24) is 0 Å². The van der Waals surface area contributed by atoms with Gasteiger partial charge in [-0.05, 0) is 30.7 Å². The van der Waals surface area contributed by atoms with E-state index in [1.54, 1.807) is 0 Å². The van der Waals surface area contributed by atoms with Gasteiger partial charge >= 0.3 is 0 Å². The molecule has 13 heavy (non-hydrogen) atoms. The van der Waals surface area contributed by atoms with E-state index in [2.05, 4.69) is 15.9 Å². The summed E-state index contributed by atoms with van der Waals surface area (Å²) in [5.74, 6) is 0. The number of halogens is 2. The van der Waals surface area contributed by atoms with Crippen LogP contribution in [-0.2, 0) is 0 Å². The van der Waals surface area contributed by atoms with Crippen LogP contribution in [0.2, 0.25) is 0 Å². The maximum atomic E-state index is 12.1. The highest BCUT2D eigenvalue weighted by Gasteiger charge is 2.03. The van der Waals surface area contributed by atoms with Gasteiger partial charge in [0.2, 0.25) is 0 Å². The van der Waals surface area contributed by atoms with E-state index in [0.29, 0.717) is 6.54 Å². The Kier molecular flexibility index (Phi) is 3.72. The van der Waals surface area contributed by atoms with Crippen LogP contribution in [0.4, 0.5) is 10.1 Å². The van der Waals surface area contributed by atoms with Crippen molar-refractivity contribution in [3.8, 4) is 0 Å². The highest BCUT2D eigenvalue weighted by atomic mass is 79.9. The van der Waals surface area contributed by atoms with Crippen molar-refractivity contribution < 1.29 is 4.39 Å². The SMILES string of the molecule is Cc1cc(Br)ccc1N(C)CCF. The fourth-order valence-corrected chi connectivity index (χ4v) is 1.77. The Hall–Kier alpha value is -0.570. The molecule has 72 valence electrons. The van der Waals surface area contributed by atoms with E-state index in [1.807, 2.05) is 37.1 Å². The van der Waals surface area contributed by atoms with Crippen LogP contribution in [0.15, 0.2) is 22.7 Å². The molecule has 0 aliphatic heterocycles. The number of alkyl halides is 1. The predicted molar refractivity (Wildman–Crippen MR) is 58.1 cm³/mol. The molecule has 0 radical (unpaired) electrons. The Bertz CT molecular complexity index is 288. The zero-order chi connectivity index (χ0) is 9.84. The first-order chi connectivity index (χ1) is 6.15. The summed E-state index contributed by atoms with van der Waals surface area (Å²) in [4.78, 5) is 1.92. The number of nitrogens with zero attached hydrogens (tertiary/aromatic N) is 1. The molecule has 1 nitrogen and oxygen atoms in total. The third-order valence-electron chi connectivity index (χ3n) is 1.99. The lowest BCUT2D eigenvalue weighted by Gasteiger charge is -2.19. The molecule has 0 aliphatic rings. The number of aryl methyl sites for hydroxylation is 1. The number of hydrogen-bond donors (Lipinski definition) is 0. The van der Waals surface area contributed by atoms with Gasteiger partial charge in [-0.1, -0.05) is 15.9 Å². The zero-order valence-electron chi connectivity index (χ0n) is 7.85. The van der Waals surface area contributed by atoms with Crippen LogP contribution in [0.3, 0.4) is 0 Å². The van der Waals surface area contributed by atoms with Crippen LogP contribution < -0.4 is 4.90 Å². The second-order valence-corrected chi connectivity index (χ2v) is 3.96. The predicted octanol–water partition coefficient (Wildman–Crippen LogP) is 3.16.